The number of fused-ring (bicyclic) bond motifs is 1. The van der Waals surface area contributed by atoms with E-state index in [4.69, 9.17) is 14.6 Å². The largest absolute Gasteiger partial charge is 0.454 e. The van der Waals surface area contributed by atoms with E-state index in [1.54, 1.807) is 0 Å². The van der Waals surface area contributed by atoms with Gasteiger partial charge in [-0.1, -0.05) is 48.0 Å². The van der Waals surface area contributed by atoms with Crippen molar-refractivity contribution in [1.82, 2.24) is 15.1 Å². The van der Waals surface area contributed by atoms with Crippen molar-refractivity contribution in [2.45, 2.75) is 20.0 Å². The Morgan fingerprint density at radius 2 is 1.77 bits per heavy atom. The van der Waals surface area contributed by atoms with Crippen molar-refractivity contribution in [2.24, 2.45) is 0 Å². The Morgan fingerprint density at radius 1 is 0.900 bits per heavy atom. The number of hydrogen-bond donors (Lipinski definition) is 1. The molecule has 0 spiro atoms. The third kappa shape index (κ3) is 3.80. The lowest BCUT2D eigenvalue weighted by atomic mass is 10.1. The first-order chi connectivity index (χ1) is 14.8. The third-order valence-electron chi connectivity index (χ3n) is 5.18. The quantitative estimate of drug-likeness (QED) is 0.504. The van der Waals surface area contributed by atoms with Gasteiger partial charge in [0.25, 0.3) is 0 Å². The molecule has 0 bridgehead atoms. The summed E-state index contributed by atoms with van der Waals surface area (Å²) in [6.45, 7) is 3.85. The van der Waals surface area contributed by atoms with Crippen LogP contribution in [0.5, 0.6) is 11.5 Å². The van der Waals surface area contributed by atoms with E-state index in [2.05, 4.69) is 60.9 Å². The molecule has 0 atom stereocenters. The number of rotatable bonds is 6. The summed E-state index contributed by atoms with van der Waals surface area (Å²) < 4.78 is 12.8. The molecule has 5 nitrogen and oxygen atoms in total. The second-order valence-corrected chi connectivity index (χ2v) is 7.44. The van der Waals surface area contributed by atoms with E-state index < -0.39 is 0 Å². The third-order valence-corrected chi connectivity index (χ3v) is 5.18. The molecule has 2 heterocycles. The Kier molecular flexibility index (Phi) is 4.95. The molecule has 30 heavy (non-hydrogen) atoms. The van der Waals surface area contributed by atoms with Gasteiger partial charge in [0.15, 0.2) is 11.5 Å². The van der Waals surface area contributed by atoms with Crippen LogP contribution in [0.2, 0.25) is 0 Å². The Hall–Kier alpha value is -3.57. The zero-order valence-electron chi connectivity index (χ0n) is 16.8. The first-order valence-electron chi connectivity index (χ1n) is 10.1. The van der Waals surface area contributed by atoms with E-state index in [9.17, 15) is 0 Å². The van der Waals surface area contributed by atoms with Crippen LogP contribution in [0.4, 0.5) is 0 Å². The van der Waals surface area contributed by atoms with Gasteiger partial charge in [-0.3, -0.25) is 0 Å². The number of benzene rings is 3. The van der Waals surface area contributed by atoms with Gasteiger partial charge in [0.1, 0.15) is 0 Å². The molecule has 0 unspecified atom stereocenters. The predicted molar refractivity (Wildman–Crippen MR) is 117 cm³/mol. The summed E-state index contributed by atoms with van der Waals surface area (Å²) in [4.78, 5) is 0. The van der Waals surface area contributed by atoms with Crippen molar-refractivity contribution in [3.63, 3.8) is 0 Å². The summed E-state index contributed by atoms with van der Waals surface area (Å²) in [6.07, 6.45) is 2.11. The molecule has 0 amide bonds. The molecule has 1 aromatic heterocycles. The number of nitrogens with zero attached hydrogens (tertiary/aromatic N) is 2. The molecule has 5 rings (SSSR count). The monoisotopic (exact) mass is 397 g/mol. The van der Waals surface area contributed by atoms with Crippen molar-refractivity contribution in [3.05, 3.63) is 95.7 Å². The maximum Gasteiger partial charge on any atom is 0.231 e. The number of para-hydroxylation sites is 1. The van der Waals surface area contributed by atoms with Crippen LogP contribution < -0.4 is 14.8 Å². The van der Waals surface area contributed by atoms with Crippen molar-refractivity contribution in [3.8, 4) is 28.4 Å². The number of ether oxygens (including phenoxy) is 2. The lowest BCUT2D eigenvalue weighted by Crippen LogP contribution is -2.12. The van der Waals surface area contributed by atoms with E-state index in [0.717, 1.165) is 46.1 Å². The molecule has 0 saturated carbocycles. The Balaban J connectivity index is 1.39. The van der Waals surface area contributed by atoms with Gasteiger partial charge >= 0.3 is 0 Å². The average Bonchev–Trinajstić information content (AvgIpc) is 3.41. The molecule has 1 aliphatic heterocycles. The summed E-state index contributed by atoms with van der Waals surface area (Å²) in [7, 11) is 0. The van der Waals surface area contributed by atoms with E-state index in [1.807, 2.05) is 35.0 Å². The molecular weight excluding hydrogens is 374 g/mol. The van der Waals surface area contributed by atoms with Gasteiger partial charge in [0.2, 0.25) is 6.79 Å². The number of aryl methyl sites for hydroxylation is 1. The highest BCUT2D eigenvalue weighted by molar-refractivity contribution is 5.64. The molecule has 5 heteroatoms. The van der Waals surface area contributed by atoms with Crippen LogP contribution in [0.1, 0.15) is 16.7 Å². The van der Waals surface area contributed by atoms with Gasteiger partial charge in [0.05, 0.1) is 11.4 Å². The van der Waals surface area contributed by atoms with E-state index in [1.165, 1.54) is 5.56 Å². The number of hydrogen-bond acceptors (Lipinski definition) is 4. The molecule has 1 N–H and O–H groups in total. The number of nitrogens with one attached hydrogen (secondary N) is 1. The summed E-state index contributed by atoms with van der Waals surface area (Å²) in [6, 6.07) is 24.7. The van der Waals surface area contributed by atoms with Crippen LogP contribution in [-0.4, -0.2) is 16.6 Å². The van der Waals surface area contributed by atoms with Gasteiger partial charge in [-0.25, -0.2) is 4.68 Å². The van der Waals surface area contributed by atoms with Gasteiger partial charge < -0.3 is 14.8 Å². The average molecular weight is 397 g/mol. The molecule has 3 aromatic carbocycles. The van der Waals surface area contributed by atoms with Crippen molar-refractivity contribution in [1.29, 1.82) is 0 Å². The molecule has 0 saturated heterocycles. The van der Waals surface area contributed by atoms with Crippen LogP contribution in [0.15, 0.2) is 79.0 Å². The molecule has 0 aliphatic carbocycles. The summed E-state index contributed by atoms with van der Waals surface area (Å²) in [5, 5.41) is 8.45. The zero-order valence-corrected chi connectivity index (χ0v) is 16.8. The fraction of sp³-hybridized carbons (Fsp3) is 0.160. The van der Waals surface area contributed by atoms with Crippen molar-refractivity contribution >= 4 is 0 Å². The maximum atomic E-state index is 5.48. The second kappa shape index (κ2) is 8.05. The molecule has 0 fully saturated rings. The first kappa shape index (κ1) is 18.5. The van der Waals surface area contributed by atoms with Gasteiger partial charge in [-0.15, -0.1) is 0 Å². The molecule has 4 aromatic rings. The van der Waals surface area contributed by atoms with E-state index >= 15 is 0 Å². The Bertz CT molecular complexity index is 1170. The second-order valence-electron chi connectivity index (χ2n) is 7.44. The SMILES string of the molecule is Cc1cccc(-c2nn(-c3ccccc3)cc2CNCc2ccc3c(c2)OCO3)c1. The topological polar surface area (TPSA) is 48.3 Å². The minimum absolute atomic E-state index is 0.296. The zero-order chi connectivity index (χ0) is 20.3. The highest BCUT2D eigenvalue weighted by Gasteiger charge is 2.14. The smallest absolute Gasteiger partial charge is 0.231 e. The fourth-order valence-corrected chi connectivity index (χ4v) is 3.68. The first-order valence-corrected chi connectivity index (χ1v) is 10.1. The molecule has 0 radical (unpaired) electrons. The summed E-state index contributed by atoms with van der Waals surface area (Å²) >= 11 is 0. The fourth-order valence-electron chi connectivity index (χ4n) is 3.68. The van der Waals surface area contributed by atoms with Gasteiger partial charge in [-0.2, -0.15) is 5.10 Å². The van der Waals surface area contributed by atoms with Crippen molar-refractivity contribution < 1.29 is 9.47 Å². The summed E-state index contributed by atoms with van der Waals surface area (Å²) in [5.74, 6) is 1.62. The van der Waals surface area contributed by atoms with Crippen LogP contribution in [0.25, 0.3) is 16.9 Å². The Labute approximate surface area is 175 Å². The van der Waals surface area contributed by atoms with Crippen LogP contribution in [0.3, 0.4) is 0 Å². The standard InChI is InChI=1S/C25H23N3O2/c1-18-6-5-7-20(12-18)25-21(16-28(27-25)22-8-3-2-4-9-22)15-26-14-19-10-11-23-24(13-19)30-17-29-23/h2-13,16,26H,14-15,17H2,1H3. The molecule has 1 aliphatic rings. The highest BCUT2D eigenvalue weighted by atomic mass is 16.7. The lowest BCUT2D eigenvalue weighted by Gasteiger charge is -2.07. The number of aromatic nitrogens is 2. The van der Waals surface area contributed by atoms with E-state index in [0.29, 0.717) is 13.3 Å². The Morgan fingerprint density at radius 3 is 2.63 bits per heavy atom. The minimum Gasteiger partial charge on any atom is -0.454 e. The normalized spacial score (nSPS) is 12.3. The molecule has 150 valence electrons. The summed E-state index contributed by atoms with van der Waals surface area (Å²) in [5.41, 5.74) is 6.72. The van der Waals surface area contributed by atoms with Gasteiger partial charge in [-0.05, 0) is 42.8 Å². The van der Waals surface area contributed by atoms with Crippen molar-refractivity contribution in [2.75, 3.05) is 6.79 Å². The molecular formula is C25H23N3O2. The van der Waals surface area contributed by atoms with Gasteiger partial charge in [0, 0.05) is 30.4 Å². The predicted octanol–water partition coefficient (Wildman–Crippen LogP) is 4.87. The lowest BCUT2D eigenvalue weighted by molar-refractivity contribution is 0.174. The maximum absolute atomic E-state index is 5.48. The highest BCUT2D eigenvalue weighted by Crippen LogP contribution is 2.32. The van der Waals surface area contributed by atoms with E-state index in [-0.39, 0.29) is 0 Å². The van der Waals surface area contributed by atoms with Crippen LogP contribution >= 0.6 is 0 Å². The van der Waals surface area contributed by atoms with Crippen LogP contribution in [-0.2, 0) is 13.1 Å². The minimum atomic E-state index is 0.296. The van der Waals surface area contributed by atoms with Crippen LogP contribution in [0, 0.1) is 6.92 Å².